The van der Waals surface area contributed by atoms with E-state index in [2.05, 4.69) is 31.5 Å². The summed E-state index contributed by atoms with van der Waals surface area (Å²) >= 11 is 6.24. The number of thioether (sulfide) groups is 1. The molecule has 0 unspecified atom stereocenters. The van der Waals surface area contributed by atoms with Crippen LogP contribution in [0.25, 0.3) is 0 Å². The van der Waals surface area contributed by atoms with Gasteiger partial charge in [0.2, 0.25) is 5.91 Å². The van der Waals surface area contributed by atoms with Crippen molar-refractivity contribution in [3.8, 4) is 0 Å². The van der Waals surface area contributed by atoms with Crippen LogP contribution < -0.4 is 10.6 Å². The van der Waals surface area contributed by atoms with Gasteiger partial charge < -0.3 is 15.1 Å². The predicted molar refractivity (Wildman–Crippen MR) is 94.6 cm³/mol. The fraction of sp³-hybridized carbons (Fsp3) is 0.357. The van der Waals surface area contributed by atoms with Crippen molar-refractivity contribution >= 4 is 50.8 Å². The number of nitrogens with zero attached hydrogens (tertiary/aromatic N) is 1. The molecule has 2 aromatic heterocycles. The smallest absolute Gasteiger partial charge is 0.287 e. The normalized spacial score (nSPS) is 11.9. The fourth-order valence-electron chi connectivity index (χ4n) is 1.80. The van der Waals surface area contributed by atoms with E-state index in [9.17, 15) is 9.59 Å². The molecule has 2 amide bonds. The number of rotatable bonds is 8. The minimum Gasteiger partial charge on any atom is -0.444 e. The van der Waals surface area contributed by atoms with Crippen LogP contribution >= 0.6 is 39.0 Å². The Morgan fingerprint density at radius 3 is 2.91 bits per heavy atom. The molecule has 0 bridgehead atoms. The number of amides is 2. The summed E-state index contributed by atoms with van der Waals surface area (Å²) in [5.41, 5.74) is 2.51. The Labute approximate surface area is 150 Å². The van der Waals surface area contributed by atoms with Gasteiger partial charge in [-0.2, -0.15) is 11.8 Å². The number of furan rings is 1. The number of carbonyl (C=O) groups is 2. The molecule has 1 atom stereocenters. The molecule has 0 spiro atoms. The highest BCUT2D eigenvalue weighted by atomic mass is 79.9. The summed E-state index contributed by atoms with van der Waals surface area (Å²) in [5.74, 6) is 0.284. The van der Waals surface area contributed by atoms with Gasteiger partial charge in [-0.1, -0.05) is 0 Å². The van der Waals surface area contributed by atoms with Crippen LogP contribution in [-0.2, 0) is 11.3 Å². The van der Waals surface area contributed by atoms with Crippen molar-refractivity contribution in [2.45, 2.75) is 19.0 Å². The number of carbonyl (C=O) groups excluding carboxylic acids is 2. The largest absolute Gasteiger partial charge is 0.444 e. The van der Waals surface area contributed by atoms with E-state index in [1.54, 1.807) is 29.4 Å². The van der Waals surface area contributed by atoms with Crippen LogP contribution in [0, 0.1) is 0 Å². The third-order valence-electron chi connectivity index (χ3n) is 2.96. The van der Waals surface area contributed by atoms with Gasteiger partial charge in [-0.3, -0.25) is 9.59 Å². The molecule has 0 radical (unpaired) electrons. The zero-order valence-corrected chi connectivity index (χ0v) is 15.6. The van der Waals surface area contributed by atoms with Gasteiger partial charge in [0.05, 0.1) is 17.7 Å². The molecule has 0 aliphatic carbocycles. The summed E-state index contributed by atoms with van der Waals surface area (Å²) < 4.78 is 5.68. The van der Waals surface area contributed by atoms with Gasteiger partial charge in [0.1, 0.15) is 6.04 Å². The maximum absolute atomic E-state index is 12.3. The van der Waals surface area contributed by atoms with E-state index in [1.807, 2.05) is 11.6 Å². The molecule has 6 nitrogen and oxygen atoms in total. The summed E-state index contributed by atoms with van der Waals surface area (Å²) in [4.78, 5) is 28.6. The molecule has 9 heteroatoms. The summed E-state index contributed by atoms with van der Waals surface area (Å²) in [6.07, 6.45) is 2.49. The van der Waals surface area contributed by atoms with E-state index in [0.717, 1.165) is 11.4 Å². The number of hydrogen-bond donors (Lipinski definition) is 2. The topological polar surface area (TPSA) is 84.2 Å². The minimum atomic E-state index is -0.613. The molecule has 2 N–H and O–H groups in total. The molecule has 0 aromatic carbocycles. The Balaban J connectivity index is 1.94. The SMILES string of the molecule is CSCC[C@H](NC(=O)c1ccc(Br)o1)C(=O)NCc1cscn1. The van der Waals surface area contributed by atoms with E-state index < -0.39 is 11.9 Å². The maximum atomic E-state index is 12.3. The Kier molecular flexibility index (Phi) is 7.13. The molecule has 0 aliphatic heterocycles. The zero-order chi connectivity index (χ0) is 16.7. The fourth-order valence-corrected chi connectivity index (χ4v) is 3.13. The molecular weight excluding hydrogens is 402 g/mol. The monoisotopic (exact) mass is 417 g/mol. The third kappa shape index (κ3) is 5.67. The number of aromatic nitrogens is 1. The van der Waals surface area contributed by atoms with E-state index in [1.165, 1.54) is 11.3 Å². The standard InChI is InChI=1S/C14H16BrN3O3S2/c1-22-5-4-10(13(19)16-6-9-7-23-8-17-9)18-14(20)11-2-3-12(15)21-11/h2-3,7-8,10H,4-6H2,1H3,(H,16,19)(H,18,20)/t10-/m0/s1. The summed E-state index contributed by atoms with van der Waals surface area (Å²) in [7, 11) is 0. The van der Waals surface area contributed by atoms with Crippen molar-refractivity contribution in [1.82, 2.24) is 15.6 Å². The first-order valence-corrected chi connectivity index (χ1v) is 9.93. The highest BCUT2D eigenvalue weighted by Gasteiger charge is 2.22. The second kappa shape index (κ2) is 9.09. The first-order chi connectivity index (χ1) is 11.1. The van der Waals surface area contributed by atoms with Crippen molar-refractivity contribution < 1.29 is 14.0 Å². The van der Waals surface area contributed by atoms with E-state index in [0.29, 0.717) is 17.6 Å². The Morgan fingerprint density at radius 1 is 1.48 bits per heavy atom. The van der Waals surface area contributed by atoms with E-state index in [4.69, 9.17) is 4.42 Å². The van der Waals surface area contributed by atoms with Gasteiger partial charge in [0.15, 0.2) is 10.4 Å². The zero-order valence-electron chi connectivity index (χ0n) is 12.4. The lowest BCUT2D eigenvalue weighted by Crippen LogP contribution is -2.46. The predicted octanol–water partition coefficient (Wildman–Crippen LogP) is 2.67. The van der Waals surface area contributed by atoms with Crippen LogP contribution in [0.4, 0.5) is 0 Å². The van der Waals surface area contributed by atoms with Gasteiger partial charge >= 0.3 is 0 Å². The molecule has 2 rings (SSSR count). The maximum Gasteiger partial charge on any atom is 0.287 e. The quantitative estimate of drug-likeness (QED) is 0.689. The highest BCUT2D eigenvalue weighted by Crippen LogP contribution is 2.14. The van der Waals surface area contributed by atoms with Crippen molar-refractivity contribution in [3.05, 3.63) is 39.1 Å². The average Bonchev–Trinajstić information content (AvgIpc) is 3.20. The van der Waals surface area contributed by atoms with Gasteiger partial charge in [-0.15, -0.1) is 11.3 Å². The number of halogens is 1. The molecule has 0 saturated heterocycles. The average molecular weight is 418 g/mol. The van der Waals surface area contributed by atoms with Crippen molar-refractivity contribution in [1.29, 1.82) is 0 Å². The van der Waals surface area contributed by atoms with Crippen molar-refractivity contribution in [3.63, 3.8) is 0 Å². The van der Waals surface area contributed by atoms with Crippen LogP contribution in [0.2, 0.25) is 0 Å². The molecule has 0 saturated carbocycles. The second-order valence-corrected chi connectivity index (χ2v) is 7.09. The van der Waals surface area contributed by atoms with Crippen molar-refractivity contribution in [2.75, 3.05) is 12.0 Å². The lowest BCUT2D eigenvalue weighted by Gasteiger charge is -2.17. The van der Waals surface area contributed by atoms with Crippen molar-refractivity contribution in [2.24, 2.45) is 0 Å². The first-order valence-electron chi connectivity index (χ1n) is 6.80. The van der Waals surface area contributed by atoms with Gasteiger partial charge in [-0.25, -0.2) is 4.98 Å². The molecule has 0 aliphatic rings. The molecule has 0 fully saturated rings. The molecule has 23 heavy (non-hydrogen) atoms. The van der Waals surface area contributed by atoms with Crippen LogP contribution in [0.15, 0.2) is 32.1 Å². The minimum absolute atomic E-state index is 0.165. The molecule has 124 valence electrons. The van der Waals surface area contributed by atoms with Crippen LogP contribution in [-0.4, -0.2) is 34.8 Å². The Bertz CT molecular complexity index is 645. The third-order valence-corrected chi connectivity index (χ3v) is 4.66. The second-order valence-electron chi connectivity index (χ2n) is 4.61. The molecule has 2 heterocycles. The van der Waals surface area contributed by atoms with Crippen LogP contribution in [0.3, 0.4) is 0 Å². The summed E-state index contributed by atoms with van der Waals surface area (Å²) in [6, 6.07) is 2.57. The number of nitrogens with one attached hydrogen (secondary N) is 2. The molecular formula is C14H16BrN3O3S2. The lowest BCUT2D eigenvalue weighted by atomic mass is 10.2. The van der Waals surface area contributed by atoms with Gasteiger partial charge in [-0.05, 0) is 46.5 Å². The summed E-state index contributed by atoms with van der Waals surface area (Å²) in [5, 5.41) is 7.38. The van der Waals surface area contributed by atoms with Gasteiger partial charge in [0.25, 0.3) is 5.91 Å². The Morgan fingerprint density at radius 2 is 2.30 bits per heavy atom. The Hall–Kier alpha value is -1.32. The van der Waals surface area contributed by atoms with Gasteiger partial charge in [0, 0.05) is 5.38 Å². The van der Waals surface area contributed by atoms with E-state index >= 15 is 0 Å². The van der Waals surface area contributed by atoms with E-state index in [-0.39, 0.29) is 11.7 Å². The molecule has 2 aromatic rings. The number of thiazole rings is 1. The highest BCUT2D eigenvalue weighted by molar-refractivity contribution is 9.10. The van der Waals surface area contributed by atoms with Crippen LogP contribution in [0.5, 0.6) is 0 Å². The lowest BCUT2D eigenvalue weighted by molar-refractivity contribution is -0.123. The first kappa shape index (κ1) is 18.0. The summed E-state index contributed by atoms with van der Waals surface area (Å²) in [6.45, 7) is 0.347. The number of hydrogen-bond acceptors (Lipinski definition) is 6. The van der Waals surface area contributed by atoms with Crippen LogP contribution in [0.1, 0.15) is 22.7 Å².